The zero-order valence-corrected chi connectivity index (χ0v) is 13.5. The molecule has 3 heterocycles. The van der Waals surface area contributed by atoms with Crippen molar-refractivity contribution in [3.05, 3.63) is 59.9 Å². The van der Waals surface area contributed by atoms with Gasteiger partial charge in [-0.3, -0.25) is 14.6 Å². The summed E-state index contributed by atoms with van der Waals surface area (Å²) in [6.45, 7) is 0.876. The number of piperidine rings is 1. The number of carbonyl (C=O) groups excluding carboxylic acids is 2. The van der Waals surface area contributed by atoms with Gasteiger partial charge in [-0.2, -0.15) is 4.39 Å². The van der Waals surface area contributed by atoms with Gasteiger partial charge in [0.2, 0.25) is 11.9 Å². The largest absolute Gasteiger partial charge is 0.350 e. The van der Waals surface area contributed by atoms with E-state index in [0.29, 0.717) is 19.5 Å². The SMILES string of the molecule is O=C(c1ccnc(F)c1)N1CCC2CC21C(=O)NCc1cccnc1. The maximum Gasteiger partial charge on any atom is 0.254 e. The summed E-state index contributed by atoms with van der Waals surface area (Å²) in [5.41, 5.74) is 0.329. The number of aromatic nitrogens is 2. The molecule has 1 saturated heterocycles. The molecule has 7 heteroatoms. The highest BCUT2D eigenvalue weighted by molar-refractivity contribution is 6.01. The number of hydrogen-bond acceptors (Lipinski definition) is 4. The van der Waals surface area contributed by atoms with Crippen molar-refractivity contribution in [2.24, 2.45) is 5.92 Å². The number of likely N-dealkylation sites (tertiary alicyclic amines) is 1. The van der Waals surface area contributed by atoms with E-state index in [1.54, 1.807) is 17.3 Å². The fraction of sp³-hybridized carbons (Fsp3) is 0.333. The van der Waals surface area contributed by atoms with E-state index < -0.39 is 11.5 Å². The molecule has 6 nitrogen and oxygen atoms in total. The van der Waals surface area contributed by atoms with Crippen LogP contribution < -0.4 is 5.32 Å². The summed E-state index contributed by atoms with van der Waals surface area (Å²) < 4.78 is 13.3. The summed E-state index contributed by atoms with van der Waals surface area (Å²) in [5, 5.41) is 2.91. The van der Waals surface area contributed by atoms with Gasteiger partial charge in [0.25, 0.3) is 5.91 Å². The van der Waals surface area contributed by atoms with Crippen LogP contribution in [-0.4, -0.2) is 38.8 Å². The van der Waals surface area contributed by atoms with Crippen molar-refractivity contribution in [1.82, 2.24) is 20.2 Å². The molecule has 128 valence electrons. The second kappa shape index (κ2) is 5.91. The maximum atomic E-state index is 13.3. The molecular formula is C18H17FN4O2. The number of pyridine rings is 2. The lowest BCUT2D eigenvalue weighted by atomic mass is 10.1. The summed E-state index contributed by atoms with van der Waals surface area (Å²) in [6, 6.07) is 6.28. The first-order valence-electron chi connectivity index (χ1n) is 8.22. The van der Waals surface area contributed by atoms with Crippen molar-refractivity contribution >= 4 is 11.8 Å². The van der Waals surface area contributed by atoms with Crippen LogP contribution in [0.2, 0.25) is 0 Å². The van der Waals surface area contributed by atoms with Gasteiger partial charge in [0.05, 0.1) is 0 Å². The summed E-state index contributed by atoms with van der Waals surface area (Å²) in [7, 11) is 0. The van der Waals surface area contributed by atoms with Gasteiger partial charge in [-0.15, -0.1) is 0 Å². The maximum absolute atomic E-state index is 13.3. The molecule has 2 fully saturated rings. The highest BCUT2D eigenvalue weighted by atomic mass is 19.1. The molecule has 2 unspecified atom stereocenters. The smallest absolute Gasteiger partial charge is 0.254 e. The summed E-state index contributed by atoms with van der Waals surface area (Å²) >= 11 is 0. The molecule has 2 aromatic heterocycles. The average Bonchev–Trinajstić information content (AvgIpc) is 3.26. The summed E-state index contributed by atoms with van der Waals surface area (Å²) in [5.74, 6) is -0.996. The zero-order valence-electron chi connectivity index (χ0n) is 13.5. The molecule has 2 amide bonds. The van der Waals surface area contributed by atoms with Gasteiger partial charge in [-0.1, -0.05) is 6.07 Å². The van der Waals surface area contributed by atoms with Crippen LogP contribution in [0.1, 0.15) is 28.8 Å². The normalized spacial score (nSPS) is 23.9. The zero-order chi connectivity index (χ0) is 17.4. The number of amides is 2. The standard InChI is InChI=1S/C18H17FN4O2/c19-15-8-13(3-6-21-15)16(24)23-7-4-14-9-18(14,23)17(25)22-11-12-2-1-5-20-10-12/h1-3,5-6,8,10,14H,4,7,9,11H2,(H,22,25). The number of nitrogens with zero attached hydrogens (tertiary/aromatic N) is 3. The third-order valence-corrected chi connectivity index (χ3v) is 5.04. The van der Waals surface area contributed by atoms with Crippen LogP contribution in [0.5, 0.6) is 0 Å². The highest BCUT2D eigenvalue weighted by Gasteiger charge is 2.68. The van der Waals surface area contributed by atoms with Gasteiger partial charge in [0.1, 0.15) is 5.54 Å². The quantitative estimate of drug-likeness (QED) is 0.857. The van der Waals surface area contributed by atoms with E-state index in [2.05, 4.69) is 15.3 Å². The van der Waals surface area contributed by atoms with Gasteiger partial charge in [-0.05, 0) is 36.5 Å². The molecule has 0 bridgehead atoms. The lowest BCUT2D eigenvalue weighted by molar-refractivity contribution is -0.126. The number of rotatable bonds is 4. The molecular weight excluding hydrogens is 323 g/mol. The van der Waals surface area contributed by atoms with Gasteiger partial charge < -0.3 is 10.2 Å². The van der Waals surface area contributed by atoms with Gasteiger partial charge in [-0.25, -0.2) is 4.98 Å². The van der Waals surface area contributed by atoms with Gasteiger partial charge in [0.15, 0.2) is 0 Å². The van der Waals surface area contributed by atoms with E-state index in [1.807, 2.05) is 12.1 Å². The van der Waals surface area contributed by atoms with Crippen LogP contribution in [0.15, 0.2) is 42.9 Å². The Labute approximate surface area is 144 Å². The number of fused-ring (bicyclic) bond motifs is 1. The minimum atomic E-state index is -0.793. The Hall–Kier alpha value is -2.83. The number of nitrogens with one attached hydrogen (secondary N) is 1. The van der Waals surface area contributed by atoms with Gasteiger partial charge in [0, 0.05) is 43.3 Å². The fourth-order valence-corrected chi connectivity index (χ4v) is 3.69. The molecule has 0 radical (unpaired) electrons. The molecule has 2 aromatic rings. The van der Waals surface area contributed by atoms with Crippen LogP contribution in [0.25, 0.3) is 0 Å². The van der Waals surface area contributed by atoms with Crippen molar-refractivity contribution in [3.8, 4) is 0 Å². The van der Waals surface area contributed by atoms with E-state index >= 15 is 0 Å². The topological polar surface area (TPSA) is 75.2 Å². The fourth-order valence-electron chi connectivity index (χ4n) is 3.69. The molecule has 1 N–H and O–H groups in total. The number of halogens is 1. The number of hydrogen-bond donors (Lipinski definition) is 1. The Morgan fingerprint density at radius 1 is 1.36 bits per heavy atom. The predicted octanol–water partition coefficient (Wildman–Crippen LogP) is 1.54. The first-order valence-corrected chi connectivity index (χ1v) is 8.22. The lowest BCUT2D eigenvalue weighted by Crippen LogP contribution is -2.50. The van der Waals surface area contributed by atoms with E-state index in [9.17, 15) is 14.0 Å². The van der Waals surface area contributed by atoms with E-state index in [1.165, 1.54) is 12.3 Å². The van der Waals surface area contributed by atoms with E-state index in [0.717, 1.165) is 18.1 Å². The Kier molecular flexibility index (Phi) is 3.71. The third kappa shape index (κ3) is 2.65. The molecule has 25 heavy (non-hydrogen) atoms. The van der Waals surface area contributed by atoms with Crippen molar-refractivity contribution in [1.29, 1.82) is 0 Å². The number of carbonyl (C=O) groups is 2. The molecule has 0 spiro atoms. The van der Waals surface area contributed by atoms with Crippen LogP contribution in [0.3, 0.4) is 0 Å². The van der Waals surface area contributed by atoms with E-state index in [4.69, 9.17) is 0 Å². The van der Waals surface area contributed by atoms with Crippen LogP contribution in [-0.2, 0) is 11.3 Å². The van der Waals surface area contributed by atoms with Crippen molar-refractivity contribution < 1.29 is 14.0 Å². The van der Waals surface area contributed by atoms with Crippen molar-refractivity contribution in [2.45, 2.75) is 24.9 Å². The Morgan fingerprint density at radius 3 is 2.96 bits per heavy atom. The predicted molar refractivity (Wildman–Crippen MR) is 86.8 cm³/mol. The molecule has 2 atom stereocenters. The molecule has 2 aliphatic rings. The van der Waals surface area contributed by atoms with Crippen LogP contribution in [0, 0.1) is 11.9 Å². The molecule has 1 aliphatic carbocycles. The Balaban J connectivity index is 1.50. The molecule has 1 saturated carbocycles. The second-order valence-corrected chi connectivity index (χ2v) is 6.48. The Bertz CT molecular complexity index is 829. The van der Waals surface area contributed by atoms with Crippen molar-refractivity contribution in [3.63, 3.8) is 0 Å². The van der Waals surface area contributed by atoms with Gasteiger partial charge >= 0.3 is 0 Å². The molecule has 0 aromatic carbocycles. The molecule has 1 aliphatic heterocycles. The second-order valence-electron chi connectivity index (χ2n) is 6.48. The highest BCUT2D eigenvalue weighted by Crippen LogP contribution is 2.56. The minimum Gasteiger partial charge on any atom is -0.350 e. The first kappa shape index (κ1) is 15.7. The Morgan fingerprint density at radius 2 is 2.24 bits per heavy atom. The summed E-state index contributed by atoms with van der Waals surface area (Å²) in [4.78, 5) is 34.6. The van der Waals surface area contributed by atoms with Crippen molar-refractivity contribution in [2.75, 3.05) is 6.54 Å². The first-order chi connectivity index (χ1) is 12.1. The van der Waals surface area contributed by atoms with E-state index in [-0.39, 0.29) is 23.3 Å². The minimum absolute atomic E-state index is 0.151. The molecule has 4 rings (SSSR count). The summed E-state index contributed by atoms with van der Waals surface area (Å²) in [6.07, 6.45) is 6.08. The third-order valence-electron chi connectivity index (χ3n) is 5.04. The van der Waals surface area contributed by atoms with Crippen LogP contribution >= 0.6 is 0 Å². The average molecular weight is 340 g/mol. The van der Waals surface area contributed by atoms with Crippen LogP contribution in [0.4, 0.5) is 4.39 Å². The lowest BCUT2D eigenvalue weighted by Gasteiger charge is -2.27. The monoisotopic (exact) mass is 340 g/mol.